The number of halogens is 2. The molecule has 0 N–H and O–H groups in total. The molecule has 1 fully saturated rings. The molecule has 0 saturated carbocycles. The van der Waals surface area contributed by atoms with Crippen molar-refractivity contribution < 1.29 is 0 Å². The molecule has 0 nitrogen and oxygen atoms in total. The SMILES string of the molecule is [Cl][Sb]1([Cl])[CH2]CC[CH2]1. The van der Waals surface area contributed by atoms with Crippen LogP contribution in [0, 0.1) is 0 Å². The van der Waals surface area contributed by atoms with Crippen molar-refractivity contribution in [3.05, 3.63) is 0 Å². The molecule has 43 valence electrons. The second-order valence-electron chi connectivity index (χ2n) is 1.92. The fraction of sp³-hybridized carbons (Fsp3) is 1.00. The first-order chi connectivity index (χ1) is 3.21. The molecule has 0 aromatic rings. The number of hydrogen-bond acceptors (Lipinski definition) is 0. The molecule has 1 aliphatic heterocycles. The summed E-state index contributed by atoms with van der Waals surface area (Å²) in [6.45, 7) is 0. The van der Waals surface area contributed by atoms with Crippen molar-refractivity contribution in [2.75, 3.05) is 0 Å². The van der Waals surface area contributed by atoms with Gasteiger partial charge in [-0.2, -0.15) is 0 Å². The van der Waals surface area contributed by atoms with E-state index in [1.165, 1.54) is 21.6 Å². The standard InChI is InChI=1S/C4H8.2ClH.Sb/c1-3-4-2;;;/h1-4H2;2*1H;/q;;;+2/p-2. The normalized spacial score (nSPS) is 28.3. The van der Waals surface area contributed by atoms with Gasteiger partial charge in [0.05, 0.1) is 0 Å². The summed E-state index contributed by atoms with van der Waals surface area (Å²) < 4.78 is 2.36. The maximum absolute atomic E-state index is 5.93. The Labute approximate surface area is 55.5 Å². The summed E-state index contributed by atoms with van der Waals surface area (Å²) in [6.07, 6.45) is 2.58. The monoisotopic (exact) mass is 247 g/mol. The van der Waals surface area contributed by atoms with E-state index in [-0.39, 0.29) is 0 Å². The van der Waals surface area contributed by atoms with Crippen molar-refractivity contribution in [1.82, 2.24) is 0 Å². The van der Waals surface area contributed by atoms with Crippen molar-refractivity contribution in [2.45, 2.75) is 21.6 Å². The first-order valence-corrected chi connectivity index (χ1v) is 12.5. The second kappa shape index (κ2) is 2.33. The van der Waals surface area contributed by atoms with E-state index >= 15 is 0 Å². The van der Waals surface area contributed by atoms with Crippen LogP contribution in [-0.2, 0) is 0 Å². The molecule has 0 spiro atoms. The molecule has 1 rings (SSSR count). The molecule has 0 aliphatic carbocycles. The third-order valence-electron chi connectivity index (χ3n) is 1.22. The molecule has 3 heteroatoms. The van der Waals surface area contributed by atoms with Gasteiger partial charge >= 0.3 is 55.8 Å². The van der Waals surface area contributed by atoms with E-state index in [4.69, 9.17) is 17.7 Å². The average Bonchev–Trinajstić information content (AvgIpc) is 1.84. The fourth-order valence-electron chi connectivity index (χ4n) is 0.798. The summed E-state index contributed by atoms with van der Waals surface area (Å²) >= 11 is -2.14. The van der Waals surface area contributed by atoms with E-state index in [1.54, 1.807) is 0 Å². The van der Waals surface area contributed by atoms with Crippen LogP contribution in [0.1, 0.15) is 12.8 Å². The Morgan fingerprint density at radius 1 is 1.00 bits per heavy atom. The maximum atomic E-state index is 5.93. The minimum absolute atomic E-state index is 1.18. The van der Waals surface area contributed by atoms with Gasteiger partial charge in [-0.3, -0.25) is 0 Å². The van der Waals surface area contributed by atoms with Crippen LogP contribution in [0.15, 0.2) is 0 Å². The molecular formula is C4H8Cl2Sb. The van der Waals surface area contributed by atoms with Crippen molar-refractivity contribution in [3.63, 3.8) is 0 Å². The summed E-state index contributed by atoms with van der Waals surface area (Å²) in [6, 6.07) is 0. The Kier molecular flexibility index (Phi) is 2.17. The van der Waals surface area contributed by atoms with Crippen LogP contribution in [0.3, 0.4) is 0 Å². The van der Waals surface area contributed by atoms with Crippen LogP contribution in [0.5, 0.6) is 0 Å². The zero-order chi connectivity index (χ0) is 5.33. The predicted octanol–water partition coefficient (Wildman–Crippen LogP) is 2.70. The van der Waals surface area contributed by atoms with Gasteiger partial charge < -0.3 is 0 Å². The molecule has 0 amide bonds. The van der Waals surface area contributed by atoms with Gasteiger partial charge in [-0.1, -0.05) is 0 Å². The Morgan fingerprint density at radius 2 is 1.43 bits per heavy atom. The zero-order valence-electron chi connectivity index (χ0n) is 4.03. The summed E-state index contributed by atoms with van der Waals surface area (Å²) in [5.74, 6) is 0. The van der Waals surface area contributed by atoms with Gasteiger partial charge in [0.1, 0.15) is 0 Å². The van der Waals surface area contributed by atoms with E-state index in [0.29, 0.717) is 0 Å². The molecule has 0 aromatic heterocycles. The number of hydrogen-bond donors (Lipinski definition) is 0. The predicted molar refractivity (Wildman–Crippen MR) is 36.3 cm³/mol. The summed E-state index contributed by atoms with van der Waals surface area (Å²) in [5.41, 5.74) is 0. The van der Waals surface area contributed by atoms with E-state index in [1.807, 2.05) is 0 Å². The Morgan fingerprint density at radius 3 is 1.57 bits per heavy atom. The van der Waals surface area contributed by atoms with Gasteiger partial charge in [-0.05, 0) is 0 Å². The quantitative estimate of drug-likeness (QED) is 0.579. The third-order valence-corrected chi connectivity index (χ3v) is 11.3. The molecule has 7 heavy (non-hydrogen) atoms. The van der Waals surface area contributed by atoms with Crippen molar-refractivity contribution in [3.8, 4) is 0 Å². The first kappa shape index (κ1) is 6.52. The van der Waals surface area contributed by atoms with E-state index in [9.17, 15) is 0 Å². The summed E-state index contributed by atoms with van der Waals surface area (Å²) in [7, 11) is 11.9. The molecule has 1 radical (unpaired) electrons. The van der Waals surface area contributed by atoms with Gasteiger partial charge in [0.2, 0.25) is 0 Å². The van der Waals surface area contributed by atoms with E-state index in [0.717, 1.165) is 0 Å². The van der Waals surface area contributed by atoms with Crippen molar-refractivity contribution in [2.24, 2.45) is 0 Å². The Bertz CT molecular complexity index is 64.1. The first-order valence-electron chi connectivity index (χ1n) is 2.47. The van der Waals surface area contributed by atoms with Crippen LogP contribution < -0.4 is 0 Å². The van der Waals surface area contributed by atoms with Crippen LogP contribution >= 0.6 is 17.7 Å². The molecule has 0 aromatic carbocycles. The van der Waals surface area contributed by atoms with Crippen molar-refractivity contribution >= 4 is 34.2 Å². The van der Waals surface area contributed by atoms with Crippen LogP contribution in [-0.4, -0.2) is 16.5 Å². The van der Waals surface area contributed by atoms with Gasteiger partial charge in [0.25, 0.3) is 0 Å². The van der Waals surface area contributed by atoms with Crippen LogP contribution in [0.4, 0.5) is 0 Å². The van der Waals surface area contributed by atoms with Gasteiger partial charge in [0.15, 0.2) is 0 Å². The second-order valence-corrected chi connectivity index (χ2v) is 18.7. The molecule has 0 atom stereocenters. The summed E-state index contributed by atoms with van der Waals surface area (Å²) in [4.78, 5) is 0. The molecule has 0 bridgehead atoms. The summed E-state index contributed by atoms with van der Waals surface area (Å²) in [5, 5.41) is 0. The van der Waals surface area contributed by atoms with Gasteiger partial charge in [0, 0.05) is 0 Å². The topological polar surface area (TPSA) is 0 Å². The fourth-order valence-corrected chi connectivity index (χ4v) is 8.56. The molecule has 1 aliphatic rings. The molecular weight excluding hydrogens is 241 g/mol. The van der Waals surface area contributed by atoms with Crippen LogP contribution in [0.2, 0.25) is 8.73 Å². The van der Waals surface area contributed by atoms with E-state index < -0.39 is 16.5 Å². The van der Waals surface area contributed by atoms with Crippen LogP contribution in [0.25, 0.3) is 0 Å². The van der Waals surface area contributed by atoms with E-state index in [2.05, 4.69) is 0 Å². The minimum atomic E-state index is -2.14. The number of rotatable bonds is 0. The third kappa shape index (κ3) is 1.99. The molecule has 1 saturated heterocycles. The van der Waals surface area contributed by atoms with Crippen molar-refractivity contribution in [1.29, 1.82) is 0 Å². The molecule has 0 unspecified atom stereocenters. The Hall–Kier alpha value is 1.40. The van der Waals surface area contributed by atoms with Gasteiger partial charge in [-0.15, -0.1) is 0 Å². The van der Waals surface area contributed by atoms with Gasteiger partial charge in [-0.25, -0.2) is 0 Å². The molecule has 1 heterocycles. The average molecular weight is 249 g/mol. The zero-order valence-corrected chi connectivity index (χ0v) is 8.10. The Balaban J connectivity index is 2.40.